The predicted octanol–water partition coefficient (Wildman–Crippen LogP) is 1.89. The van der Waals surface area contributed by atoms with E-state index in [1.807, 2.05) is 36.1 Å². The summed E-state index contributed by atoms with van der Waals surface area (Å²) in [5.74, 6) is 0.964. The fraction of sp³-hybridized carbons (Fsp3) is 0.571. The molecule has 0 aliphatic carbocycles. The van der Waals surface area contributed by atoms with Gasteiger partial charge in [-0.3, -0.25) is 9.59 Å². The van der Waals surface area contributed by atoms with E-state index in [4.69, 9.17) is 0 Å². The van der Waals surface area contributed by atoms with Crippen LogP contribution >= 0.6 is 0 Å². The van der Waals surface area contributed by atoms with Gasteiger partial charge in [-0.05, 0) is 43.9 Å². The van der Waals surface area contributed by atoms with Gasteiger partial charge in [-0.25, -0.2) is 4.99 Å². The van der Waals surface area contributed by atoms with Crippen molar-refractivity contribution >= 4 is 17.8 Å². The van der Waals surface area contributed by atoms with Crippen LogP contribution in [0, 0.1) is 0 Å². The van der Waals surface area contributed by atoms with Gasteiger partial charge in [0.25, 0.3) is 5.91 Å². The van der Waals surface area contributed by atoms with Gasteiger partial charge < -0.3 is 20.9 Å². The molecule has 0 atom stereocenters. The molecule has 1 aromatic rings. The van der Waals surface area contributed by atoms with Crippen molar-refractivity contribution in [3.05, 3.63) is 35.4 Å². The lowest BCUT2D eigenvalue weighted by Gasteiger charge is -2.20. The fourth-order valence-electron chi connectivity index (χ4n) is 3.17. The highest BCUT2D eigenvalue weighted by atomic mass is 16.2. The summed E-state index contributed by atoms with van der Waals surface area (Å²) in [7, 11) is 1.62. The minimum atomic E-state index is -0.0899. The van der Waals surface area contributed by atoms with Gasteiger partial charge in [-0.2, -0.15) is 0 Å². The Kier molecular flexibility index (Phi) is 9.31. The van der Waals surface area contributed by atoms with E-state index in [1.165, 1.54) is 0 Å². The third kappa shape index (κ3) is 7.21. The van der Waals surface area contributed by atoms with E-state index in [9.17, 15) is 9.59 Å². The van der Waals surface area contributed by atoms with Crippen molar-refractivity contribution in [2.24, 2.45) is 4.99 Å². The van der Waals surface area contributed by atoms with Gasteiger partial charge in [0.2, 0.25) is 5.91 Å². The number of carbonyl (C=O) groups is 2. The van der Waals surface area contributed by atoms with Crippen LogP contribution in [0.4, 0.5) is 0 Å². The molecule has 28 heavy (non-hydrogen) atoms. The van der Waals surface area contributed by atoms with Crippen LogP contribution in [0.25, 0.3) is 0 Å². The van der Waals surface area contributed by atoms with E-state index in [0.717, 1.165) is 63.4 Å². The van der Waals surface area contributed by atoms with Gasteiger partial charge in [0.1, 0.15) is 0 Å². The van der Waals surface area contributed by atoms with E-state index >= 15 is 0 Å². The second kappa shape index (κ2) is 12.0. The molecule has 2 rings (SSSR count). The molecule has 7 nitrogen and oxygen atoms in total. The van der Waals surface area contributed by atoms with Gasteiger partial charge in [0.15, 0.2) is 5.96 Å². The van der Waals surface area contributed by atoms with Gasteiger partial charge in [0, 0.05) is 45.2 Å². The number of amides is 2. The summed E-state index contributed by atoms with van der Waals surface area (Å²) in [5.41, 5.74) is 1.68. The molecule has 1 aliphatic rings. The van der Waals surface area contributed by atoms with Crippen LogP contribution in [-0.4, -0.2) is 55.9 Å². The second-order valence-corrected chi connectivity index (χ2v) is 6.94. The smallest absolute Gasteiger partial charge is 0.251 e. The van der Waals surface area contributed by atoms with Gasteiger partial charge in [0.05, 0.1) is 6.54 Å². The molecule has 0 aromatic heterocycles. The van der Waals surface area contributed by atoms with Crippen LogP contribution in [0.15, 0.2) is 29.3 Å². The molecule has 1 saturated heterocycles. The highest BCUT2D eigenvalue weighted by Crippen LogP contribution is 2.11. The zero-order valence-electron chi connectivity index (χ0n) is 17.1. The molecule has 0 saturated carbocycles. The number of carbonyl (C=O) groups excluding carboxylic acids is 2. The quantitative estimate of drug-likeness (QED) is 0.361. The van der Waals surface area contributed by atoms with Crippen molar-refractivity contribution in [3.63, 3.8) is 0 Å². The minimum absolute atomic E-state index is 0.0899. The molecule has 0 radical (unpaired) electrons. The number of guanidine groups is 1. The first kappa shape index (κ1) is 21.7. The number of hydrogen-bond acceptors (Lipinski definition) is 3. The molecule has 1 aromatic carbocycles. The van der Waals surface area contributed by atoms with Crippen molar-refractivity contribution < 1.29 is 9.59 Å². The van der Waals surface area contributed by atoms with Crippen molar-refractivity contribution in [3.8, 4) is 0 Å². The van der Waals surface area contributed by atoms with Crippen LogP contribution < -0.4 is 16.0 Å². The molecule has 0 unspecified atom stereocenters. The van der Waals surface area contributed by atoms with E-state index in [-0.39, 0.29) is 5.91 Å². The van der Waals surface area contributed by atoms with E-state index < -0.39 is 0 Å². The van der Waals surface area contributed by atoms with Gasteiger partial charge >= 0.3 is 0 Å². The molecule has 1 heterocycles. The third-order valence-electron chi connectivity index (χ3n) is 4.78. The van der Waals surface area contributed by atoms with Crippen LogP contribution in [-0.2, 0) is 11.3 Å². The Morgan fingerprint density at radius 1 is 1.14 bits per heavy atom. The van der Waals surface area contributed by atoms with E-state index in [1.54, 1.807) is 7.05 Å². The highest BCUT2D eigenvalue weighted by Gasteiger charge is 2.15. The number of hydrogen-bond donors (Lipinski definition) is 3. The van der Waals surface area contributed by atoms with Crippen LogP contribution in [0.3, 0.4) is 0 Å². The van der Waals surface area contributed by atoms with Gasteiger partial charge in [-0.15, -0.1) is 0 Å². The third-order valence-corrected chi connectivity index (χ3v) is 4.78. The first-order valence-electron chi connectivity index (χ1n) is 10.2. The summed E-state index contributed by atoms with van der Waals surface area (Å²) in [6, 6.07) is 7.45. The fourth-order valence-corrected chi connectivity index (χ4v) is 3.17. The van der Waals surface area contributed by atoms with E-state index in [2.05, 4.69) is 20.9 Å². The molecular formula is C21H33N5O2. The number of aliphatic imine (C=N–C) groups is 1. The summed E-state index contributed by atoms with van der Waals surface area (Å²) < 4.78 is 0. The lowest BCUT2D eigenvalue weighted by molar-refractivity contribution is -0.130. The average Bonchev–Trinajstić information content (AvgIpc) is 2.93. The highest BCUT2D eigenvalue weighted by molar-refractivity contribution is 5.93. The molecule has 1 fully saturated rings. The lowest BCUT2D eigenvalue weighted by Crippen LogP contribution is -2.39. The molecule has 0 bridgehead atoms. The summed E-state index contributed by atoms with van der Waals surface area (Å²) in [5, 5.41) is 9.19. The Balaban J connectivity index is 1.79. The Morgan fingerprint density at radius 2 is 1.93 bits per heavy atom. The molecule has 7 heteroatoms. The SMILES string of the molecule is CCNC(=NCc1ccc(C(=O)NC)cc1)NCCCN1CCCCCC1=O. The Hall–Kier alpha value is -2.57. The van der Waals surface area contributed by atoms with Crippen LogP contribution in [0.5, 0.6) is 0 Å². The maximum atomic E-state index is 12.0. The maximum absolute atomic E-state index is 12.0. The maximum Gasteiger partial charge on any atom is 0.251 e. The number of benzene rings is 1. The molecule has 0 spiro atoms. The van der Waals surface area contributed by atoms with Gasteiger partial charge in [-0.1, -0.05) is 18.6 Å². The molecule has 1 aliphatic heterocycles. The monoisotopic (exact) mass is 387 g/mol. The number of likely N-dealkylation sites (tertiary alicyclic amines) is 1. The zero-order chi connectivity index (χ0) is 20.2. The molecular weight excluding hydrogens is 354 g/mol. The number of rotatable bonds is 8. The average molecular weight is 388 g/mol. The first-order chi connectivity index (χ1) is 13.6. The second-order valence-electron chi connectivity index (χ2n) is 6.94. The van der Waals surface area contributed by atoms with Crippen molar-refractivity contribution in [2.45, 2.75) is 45.6 Å². The van der Waals surface area contributed by atoms with Crippen molar-refractivity contribution in [2.75, 3.05) is 33.2 Å². The summed E-state index contributed by atoms with van der Waals surface area (Å²) in [6.07, 6.45) is 4.88. The van der Waals surface area contributed by atoms with Crippen LogP contribution in [0.1, 0.15) is 54.9 Å². The Bertz CT molecular complexity index is 657. The largest absolute Gasteiger partial charge is 0.357 e. The van der Waals surface area contributed by atoms with Crippen LogP contribution in [0.2, 0.25) is 0 Å². The lowest BCUT2D eigenvalue weighted by atomic mass is 10.1. The van der Waals surface area contributed by atoms with E-state index in [0.29, 0.717) is 24.4 Å². The number of nitrogens with zero attached hydrogens (tertiary/aromatic N) is 2. The normalized spacial score (nSPS) is 15.1. The predicted molar refractivity (Wildman–Crippen MR) is 112 cm³/mol. The van der Waals surface area contributed by atoms with Crippen molar-refractivity contribution in [1.82, 2.24) is 20.9 Å². The zero-order valence-corrected chi connectivity index (χ0v) is 17.1. The molecule has 3 N–H and O–H groups in total. The summed E-state index contributed by atoms with van der Waals surface area (Å²) in [4.78, 5) is 30.2. The summed E-state index contributed by atoms with van der Waals surface area (Å²) in [6.45, 7) is 5.81. The summed E-state index contributed by atoms with van der Waals surface area (Å²) >= 11 is 0. The number of nitrogens with one attached hydrogen (secondary N) is 3. The Labute approximate surface area is 168 Å². The molecule has 154 valence electrons. The first-order valence-corrected chi connectivity index (χ1v) is 10.2. The molecule has 2 amide bonds. The standard InChI is InChI=1S/C21H33N5O2/c1-3-23-21(24-13-7-15-26-14-6-4-5-8-19(26)27)25-16-17-9-11-18(12-10-17)20(28)22-2/h9-12H,3-8,13-16H2,1-2H3,(H,22,28)(H2,23,24,25). The topological polar surface area (TPSA) is 85.8 Å². The Morgan fingerprint density at radius 3 is 2.64 bits per heavy atom. The van der Waals surface area contributed by atoms with Crippen molar-refractivity contribution in [1.29, 1.82) is 0 Å². The minimum Gasteiger partial charge on any atom is -0.357 e.